The molecule has 2 heterocycles. The predicted molar refractivity (Wildman–Crippen MR) is 143 cm³/mol. The van der Waals surface area contributed by atoms with Gasteiger partial charge in [-0.05, 0) is 47.7 Å². The highest BCUT2D eigenvalue weighted by atomic mass is 32.1. The minimum absolute atomic E-state index is 0.207. The summed E-state index contributed by atoms with van der Waals surface area (Å²) < 4.78 is 1.05. The first-order valence-electron chi connectivity index (χ1n) is 12.1. The van der Waals surface area contributed by atoms with Gasteiger partial charge in [0.05, 0.1) is 21.3 Å². The van der Waals surface area contributed by atoms with Gasteiger partial charge in [-0.1, -0.05) is 39.5 Å². The highest BCUT2D eigenvalue weighted by molar-refractivity contribution is 7.18. The quantitative estimate of drug-likeness (QED) is 0.326. The lowest BCUT2D eigenvalue weighted by Crippen LogP contribution is -2.53. The number of hydrogen-bond donors (Lipinski definition) is 3. The number of carbonyl (C=O) groups is 3. The SMILES string of the molecule is C=CC(=O)NCC(Cc1cccnc1)NC(=O)C(Cc1nc2ccc(C(C)C)cc2s1)NC(=O)CC. The number of amides is 3. The summed E-state index contributed by atoms with van der Waals surface area (Å²) >= 11 is 1.53. The van der Waals surface area contributed by atoms with Gasteiger partial charge >= 0.3 is 0 Å². The van der Waals surface area contributed by atoms with E-state index in [9.17, 15) is 14.4 Å². The summed E-state index contributed by atoms with van der Waals surface area (Å²) in [5, 5.41) is 9.34. The van der Waals surface area contributed by atoms with Crippen molar-refractivity contribution in [3.63, 3.8) is 0 Å². The molecule has 0 spiro atoms. The van der Waals surface area contributed by atoms with Crippen LogP contribution in [0.5, 0.6) is 0 Å². The second kappa shape index (κ2) is 12.9. The number of aromatic nitrogens is 2. The van der Waals surface area contributed by atoms with Crippen LogP contribution < -0.4 is 16.0 Å². The molecule has 190 valence electrons. The highest BCUT2D eigenvalue weighted by Gasteiger charge is 2.25. The van der Waals surface area contributed by atoms with Crippen molar-refractivity contribution >= 4 is 39.3 Å². The number of hydrogen-bond acceptors (Lipinski definition) is 6. The number of rotatable bonds is 12. The van der Waals surface area contributed by atoms with E-state index in [1.807, 2.05) is 18.2 Å². The van der Waals surface area contributed by atoms with Crippen molar-refractivity contribution in [2.75, 3.05) is 6.54 Å². The van der Waals surface area contributed by atoms with Crippen LogP contribution in [0.2, 0.25) is 0 Å². The third kappa shape index (κ3) is 7.71. The molecule has 0 radical (unpaired) electrons. The molecule has 0 aliphatic heterocycles. The Hall–Kier alpha value is -3.59. The van der Waals surface area contributed by atoms with Crippen LogP contribution in [-0.4, -0.2) is 46.3 Å². The maximum atomic E-state index is 13.4. The number of thiazole rings is 1. The molecule has 0 aliphatic carbocycles. The largest absolute Gasteiger partial charge is 0.350 e. The normalized spacial score (nSPS) is 12.7. The zero-order chi connectivity index (χ0) is 26.1. The topological polar surface area (TPSA) is 113 Å². The molecule has 0 fully saturated rings. The van der Waals surface area contributed by atoms with E-state index in [4.69, 9.17) is 4.98 Å². The molecule has 8 nitrogen and oxygen atoms in total. The van der Waals surface area contributed by atoms with Crippen molar-refractivity contribution in [2.24, 2.45) is 0 Å². The van der Waals surface area contributed by atoms with Crippen LogP contribution in [0.1, 0.15) is 49.2 Å². The lowest BCUT2D eigenvalue weighted by Gasteiger charge is -2.23. The van der Waals surface area contributed by atoms with Crippen LogP contribution in [0.4, 0.5) is 0 Å². The third-order valence-electron chi connectivity index (χ3n) is 5.73. The average molecular weight is 508 g/mol. The second-order valence-electron chi connectivity index (χ2n) is 8.89. The van der Waals surface area contributed by atoms with Gasteiger partial charge in [0.25, 0.3) is 0 Å². The maximum Gasteiger partial charge on any atom is 0.243 e. The molecule has 1 aromatic carbocycles. The molecule has 3 N–H and O–H groups in total. The van der Waals surface area contributed by atoms with Crippen molar-refractivity contribution in [3.05, 3.63) is 71.5 Å². The summed E-state index contributed by atoms with van der Waals surface area (Å²) in [6.07, 6.45) is 5.57. The number of benzene rings is 1. The number of pyridine rings is 1. The Labute approximate surface area is 215 Å². The zero-order valence-electron chi connectivity index (χ0n) is 20.9. The number of nitrogens with zero attached hydrogens (tertiary/aromatic N) is 2. The van der Waals surface area contributed by atoms with Gasteiger partial charge in [0.2, 0.25) is 17.7 Å². The Kier molecular flexibility index (Phi) is 9.69. The van der Waals surface area contributed by atoms with Gasteiger partial charge in [0.15, 0.2) is 0 Å². The van der Waals surface area contributed by atoms with Crippen molar-refractivity contribution in [1.82, 2.24) is 25.9 Å². The summed E-state index contributed by atoms with van der Waals surface area (Å²) in [6, 6.07) is 8.72. The predicted octanol–water partition coefficient (Wildman–Crippen LogP) is 3.28. The van der Waals surface area contributed by atoms with E-state index in [0.29, 0.717) is 12.3 Å². The molecule has 36 heavy (non-hydrogen) atoms. The monoisotopic (exact) mass is 507 g/mol. The molecule has 3 amide bonds. The third-order valence-corrected chi connectivity index (χ3v) is 6.77. The van der Waals surface area contributed by atoms with Gasteiger partial charge in [-0.2, -0.15) is 0 Å². The fourth-order valence-electron chi connectivity index (χ4n) is 3.69. The van der Waals surface area contributed by atoms with Crippen molar-refractivity contribution < 1.29 is 14.4 Å². The molecule has 0 bridgehead atoms. The first kappa shape index (κ1) is 27.0. The van der Waals surface area contributed by atoms with Crippen LogP contribution in [-0.2, 0) is 27.2 Å². The summed E-state index contributed by atoms with van der Waals surface area (Å²) in [5.41, 5.74) is 3.02. The van der Waals surface area contributed by atoms with Gasteiger partial charge in [-0.3, -0.25) is 19.4 Å². The minimum Gasteiger partial charge on any atom is -0.350 e. The second-order valence-corrected chi connectivity index (χ2v) is 10.0. The molecular weight excluding hydrogens is 474 g/mol. The Balaban J connectivity index is 1.79. The van der Waals surface area contributed by atoms with Gasteiger partial charge in [0.1, 0.15) is 6.04 Å². The summed E-state index contributed by atoms with van der Waals surface area (Å²) in [7, 11) is 0. The lowest BCUT2D eigenvalue weighted by atomic mass is 10.0. The van der Waals surface area contributed by atoms with E-state index < -0.39 is 12.1 Å². The van der Waals surface area contributed by atoms with Crippen LogP contribution >= 0.6 is 11.3 Å². The van der Waals surface area contributed by atoms with Gasteiger partial charge in [-0.15, -0.1) is 11.3 Å². The first-order valence-corrected chi connectivity index (χ1v) is 12.9. The van der Waals surface area contributed by atoms with Crippen LogP contribution in [0, 0.1) is 0 Å². The maximum absolute atomic E-state index is 13.4. The molecule has 2 aromatic heterocycles. The van der Waals surface area contributed by atoms with E-state index in [1.54, 1.807) is 19.3 Å². The molecule has 9 heteroatoms. The van der Waals surface area contributed by atoms with Crippen LogP contribution in [0.25, 0.3) is 10.2 Å². The Morgan fingerprint density at radius 3 is 2.61 bits per heavy atom. The van der Waals surface area contributed by atoms with E-state index in [1.165, 1.54) is 23.0 Å². The Bertz CT molecular complexity index is 1210. The fourth-order valence-corrected chi connectivity index (χ4v) is 4.75. The molecular formula is C27H33N5O3S. The number of carbonyl (C=O) groups excluding carboxylic acids is 3. The van der Waals surface area contributed by atoms with Gasteiger partial charge in [-0.25, -0.2) is 4.98 Å². The van der Waals surface area contributed by atoms with E-state index in [2.05, 4.69) is 53.5 Å². The molecule has 3 rings (SSSR count). The minimum atomic E-state index is -0.797. The molecule has 2 atom stereocenters. The van der Waals surface area contributed by atoms with Crippen molar-refractivity contribution in [2.45, 2.75) is 58.0 Å². The van der Waals surface area contributed by atoms with E-state index in [0.717, 1.165) is 20.8 Å². The smallest absolute Gasteiger partial charge is 0.243 e. The molecule has 0 aliphatic rings. The van der Waals surface area contributed by atoms with Crippen molar-refractivity contribution in [1.29, 1.82) is 0 Å². The van der Waals surface area contributed by atoms with Crippen LogP contribution in [0.3, 0.4) is 0 Å². The van der Waals surface area contributed by atoms with Gasteiger partial charge < -0.3 is 16.0 Å². The molecule has 3 aromatic rings. The Morgan fingerprint density at radius 1 is 1.14 bits per heavy atom. The zero-order valence-corrected chi connectivity index (χ0v) is 21.7. The summed E-state index contributed by atoms with van der Waals surface area (Å²) in [5.74, 6) is -0.477. The summed E-state index contributed by atoms with van der Waals surface area (Å²) in [6.45, 7) is 9.70. The summed E-state index contributed by atoms with van der Waals surface area (Å²) in [4.78, 5) is 46.2. The average Bonchev–Trinajstić information content (AvgIpc) is 3.28. The van der Waals surface area contributed by atoms with E-state index >= 15 is 0 Å². The fraction of sp³-hybridized carbons (Fsp3) is 0.370. The standard InChI is InChI=1S/C27H33N5O3S/c1-5-24(33)29-16-20(12-18-8-7-11-28-15-18)30-27(35)22(31-25(34)6-2)14-26-32-21-10-9-19(17(3)4)13-23(21)36-26/h5,7-11,13,15,17,20,22H,1,6,12,14,16H2,2-4H3,(H,29,33)(H,30,35)(H,31,34). The Morgan fingerprint density at radius 2 is 1.94 bits per heavy atom. The van der Waals surface area contributed by atoms with E-state index in [-0.39, 0.29) is 37.1 Å². The molecule has 2 unspecified atom stereocenters. The highest BCUT2D eigenvalue weighted by Crippen LogP contribution is 2.27. The number of nitrogens with one attached hydrogen (secondary N) is 3. The van der Waals surface area contributed by atoms with Crippen molar-refractivity contribution in [3.8, 4) is 0 Å². The van der Waals surface area contributed by atoms with Gasteiger partial charge in [0, 0.05) is 31.8 Å². The molecule has 0 saturated carbocycles. The lowest BCUT2D eigenvalue weighted by molar-refractivity contribution is -0.129. The molecule has 0 saturated heterocycles. The first-order chi connectivity index (χ1) is 17.3. The number of fused-ring (bicyclic) bond motifs is 1. The van der Waals surface area contributed by atoms with Crippen LogP contribution in [0.15, 0.2) is 55.4 Å².